The Morgan fingerprint density at radius 2 is 1.69 bits per heavy atom. The van der Waals surface area contributed by atoms with Crippen molar-refractivity contribution >= 4 is 5.91 Å². The Kier molecular flexibility index (Phi) is 4.22. The molecule has 0 saturated heterocycles. The highest BCUT2D eigenvalue weighted by Gasteiger charge is 2.24. The molecule has 2 rings (SSSR count). The predicted molar refractivity (Wildman–Crippen MR) is 65.2 cm³/mol. The number of hydrogen-bond acceptors (Lipinski definition) is 2. The zero-order valence-electron chi connectivity index (χ0n) is 10.3. The first-order chi connectivity index (χ1) is 7.78. The first-order valence-corrected chi connectivity index (χ1v) is 6.74. The zero-order valence-corrected chi connectivity index (χ0v) is 10.3. The SMILES string of the molecule is CNC1CCC(NC(=O)CC2CCC2)CC1. The summed E-state index contributed by atoms with van der Waals surface area (Å²) >= 11 is 0. The summed E-state index contributed by atoms with van der Waals surface area (Å²) in [5.41, 5.74) is 0. The van der Waals surface area contributed by atoms with E-state index in [1.165, 1.54) is 32.1 Å². The highest BCUT2D eigenvalue weighted by atomic mass is 16.1. The maximum atomic E-state index is 11.7. The highest BCUT2D eigenvalue weighted by Crippen LogP contribution is 2.29. The quantitative estimate of drug-likeness (QED) is 0.765. The molecule has 0 unspecified atom stereocenters. The third kappa shape index (κ3) is 3.21. The third-order valence-electron chi connectivity index (χ3n) is 4.20. The fourth-order valence-electron chi connectivity index (χ4n) is 2.77. The minimum Gasteiger partial charge on any atom is -0.353 e. The van der Waals surface area contributed by atoms with Crippen LogP contribution >= 0.6 is 0 Å². The van der Waals surface area contributed by atoms with Crippen LogP contribution in [0.5, 0.6) is 0 Å². The van der Waals surface area contributed by atoms with Crippen LogP contribution in [0.15, 0.2) is 0 Å². The summed E-state index contributed by atoms with van der Waals surface area (Å²) in [5.74, 6) is 0.978. The van der Waals surface area contributed by atoms with Crippen LogP contribution in [0.1, 0.15) is 51.4 Å². The highest BCUT2D eigenvalue weighted by molar-refractivity contribution is 5.76. The predicted octanol–water partition coefficient (Wildman–Crippen LogP) is 1.82. The summed E-state index contributed by atoms with van der Waals surface area (Å²) in [4.78, 5) is 11.7. The van der Waals surface area contributed by atoms with E-state index in [1.54, 1.807) is 0 Å². The van der Waals surface area contributed by atoms with Crippen molar-refractivity contribution in [3.8, 4) is 0 Å². The van der Waals surface area contributed by atoms with Gasteiger partial charge in [-0.25, -0.2) is 0 Å². The third-order valence-corrected chi connectivity index (χ3v) is 4.20. The van der Waals surface area contributed by atoms with Gasteiger partial charge in [-0.2, -0.15) is 0 Å². The molecule has 0 aliphatic heterocycles. The van der Waals surface area contributed by atoms with Crippen molar-refractivity contribution in [3.63, 3.8) is 0 Å². The fourth-order valence-corrected chi connectivity index (χ4v) is 2.77. The van der Waals surface area contributed by atoms with Crippen molar-refractivity contribution in [1.29, 1.82) is 0 Å². The molecular formula is C13H24N2O. The zero-order chi connectivity index (χ0) is 11.4. The molecule has 0 spiro atoms. The topological polar surface area (TPSA) is 41.1 Å². The number of rotatable bonds is 4. The van der Waals surface area contributed by atoms with E-state index in [0.717, 1.165) is 19.3 Å². The summed E-state index contributed by atoms with van der Waals surface area (Å²) in [5, 5.41) is 6.51. The van der Waals surface area contributed by atoms with Crippen LogP contribution in [-0.2, 0) is 4.79 Å². The van der Waals surface area contributed by atoms with Crippen LogP contribution in [-0.4, -0.2) is 25.0 Å². The van der Waals surface area contributed by atoms with Gasteiger partial charge in [-0.1, -0.05) is 6.42 Å². The summed E-state index contributed by atoms with van der Waals surface area (Å²) in [6, 6.07) is 1.11. The number of hydrogen-bond donors (Lipinski definition) is 2. The standard InChI is InChI=1S/C13H24N2O/c1-14-11-5-7-12(8-6-11)15-13(16)9-10-3-2-4-10/h10-12,14H,2-9H2,1H3,(H,15,16). The van der Waals surface area contributed by atoms with Gasteiger partial charge in [0, 0.05) is 18.5 Å². The van der Waals surface area contributed by atoms with Crippen molar-refractivity contribution in [2.75, 3.05) is 7.05 Å². The van der Waals surface area contributed by atoms with E-state index in [1.807, 2.05) is 7.05 Å². The first kappa shape index (κ1) is 11.9. The van der Waals surface area contributed by atoms with Crippen LogP contribution in [0.4, 0.5) is 0 Å². The van der Waals surface area contributed by atoms with Gasteiger partial charge in [-0.3, -0.25) is 4.79 Å². The van der Waals surface area contributed by atoms with Crippen molar-refractivity contribution in [1.82, 2.24) is 10.6 Å². The average Bonchev–Trinajstić information content (AvgIpc) is 2.25. The molecular weight excluding hydrogens is 200 g/mol. The van der Waals surface area contributed by atoms with Crippen molar-refractivity contribution < 1.29 is 4.79 Å². The number of nitrogens with one attached hydrogen (secondary N) is 2. The normalized spacial score (nSPS) is 30.8. The molecule has 0 aromatic rings. The van der Waals surface area contributed by atoms with E-state index in [4.69, 9.17) is 0 Å². The van der Waals surface area contributed by atoms with Gasteiger partial charge in [0.15, 0.2) is 0 Å². The molecule has 16 heavy (non-hydrogen) atoms. The Morgan fingerprint density at radius 1 is 1.06 bits per heavy atom. The minimum atomic E-state index is 0.289. The molecule has 2 aliphatic carbocycles. The molecule has 0 radical (unpaired) electrons. The Labute approximate surface area is 98.4 Å². The smallest absolute Gasteiger partial charge is 0.220 e. The van der Waals surface area contributed by atoms with Crippen molar-refractivity contribution in [2.45, 2.75) is 63.5 Å². The van der Waals surface area contributed by atoms with Gasteiger partial charge in [0.2, 0.25) is 5.91 Å². The maximum Gasteiger partial charge on any atom is 0.220 e. The lowest BCUT2D eigenvalue weighted by Gasteiger charge is -2.30. The lowest BCUT2D eigenvalue weighted by molar-refractivity contribution is -0.123. The lowest BCUT2D eigenvalue weighted by atomic mass is 9.82. The molecule has 2 fully saturated rings. The van der Waals surface area contributed by atoms with Crippen LogP contribution < -0.4 is 10.6 Å². The molecule has 0 atom stereocenters. The van der Waals surface area contributed by atoms with E-state index in [9.17, 15) is 4.79 Å². The van der Waals surface area contributed by atoms with Gasteiger partial charge in [-0.05, 0) is 51.5 Å². The largest absolute Gasteiger partial charge is 0.353 e. The average molecular weight is 224 g/mol. The lowest BCUT2D eigenvalue weighted by Crippen LogP contribution is -2.42. The number of amides is 1. The van der Waals surface area contributed by atoms with Crippen LogP contribution in [0.3, 0.4) is 0 Å². The molecule has 92 valence electrons. The molecule has 0 aromatic carbocycles. The molecule has 0 heterocycles. The molecule has 0 bridgehead atoms. The second-order valence-electron chi connectivity index (χ2n) is 5.41. The van der Waals surface area contributed by atoms with E-state index in [2.05, 4.69) is 10.6 Å². The van der Waals surface area contributed by atoms with Crippen LogP contribution in [0, 0.1) is 5.92 Å². The molecule has 3 heteroatoms. The number of carbonyl (C=O) groups excluding carboxylic acids is 1. The van der Waals surface area contributed by atoms with E-state index in [0.29, 0.717) is 18.0 Å². The molecule has 2 aliphatic rings. The van der Waals surface area contributed by atoms with Gasteiger partial charge in [0.1, 0.15) is 0 Å². The Balaban J connectivity index is 1.63. The molecule has 2 N–H and O–H groups in total. The summed E-state index contributed by atoms with van der Waals surface area (Å²) in [6.45, 7) is 0. The monoisotopic (exact) mass is 224 g/mol. The summed E-state index contributed by atoms with van der Waals surface area (Å²) in [7, 11) is 2.03. The van der Waals surface area contributed by atoms with E-state index < -0.39 is 0 Å². The molecule has 2 saturated carbocycles. The second kappa shape index (κ2) is 5.67. The number of carbonyl (C=O) groups is 1. The van der Waals surface area contributed by atoms with Gasteiger partial charge in [0.25, 0.3) is 0 Å². The Bertz CT molecular complexity index is 230. The fraction of sp³-hybridized carbons (Fsp3) is 0.923. The minimum absolute atomic E-state index is 0.289. The maximum absolute atomic E-state index is 11.7. The van der Waals surface area contributed by atoms with Gasteiger partial charge >= 0.3 is 0 Å². The van der Waals surface area contributed by atoms with Crippen molar-refractivity contribution in [2.24, 2.45) is 5.92 Å². The van der Waals surface area contributed by atoms with Crippen LogP contribution in [0.25, 0.3) is 0 Å². The Morgan fingerprint density at radius 3 is 2.19 bits per heavy atom. The first-order valence-electron chi connectivity index (χ1n) is 6.74. The molecule has 0 aromatic heterocycles. The van der Waals surface area contributed by atoms with Gasteiger partial charge < -0.3 is 10.6 Å². The van der Waals surface area contributed by atoms with E-state index >= 15 is 0 Å². The van der Waals surface area contributed by atoms with Gasteiger partial charge in [0.05, 0.1) is 0 Å². The Hall–Kier alpha value is -0.570. The molecule has 3 nitrogen and oxygen atoms in total. The van der Waals surface area contributed by atoms with Crippen LogP contribution in [0.2, 0.25) is 0 Å². The molecule has 1 amide bonds. The van der Waals surface area contributed by atoms with E-state index in [-0.39, 0.29) is 5.91 Å². The van der Waals surface area contributed by atoms with Crippen molar-refractivity contribution in [3.05, 3.63) is 0 Å². The summed E-state index contributed by atoms with van der Waals surface area (Å²) in [6.07, 6.45) is 9.30. The second-order valence-corrected chi connectivity index (χ2v) is 5.41. The summed E-state index contributed by atoms with van der Waals surface area (Å²) < 4.78 is 0. The van der Waals surface area contributed by atoms with Gasteiger partial charge in [-0.15, -0.1) is 0 Å².